The van der Waals surface area contributed by atoms with Gasteiger partial charge in [-0.1, -0.05) is 41.1 Å². The van der Waals surface area contributed by atoms with Gasteiger partial charge in [0.2, 0.25) is 11.9 Å². The molecule has 0 atom stereocenters. The Bertz CT molecular complexity index is 1150. The molecule has 0 spiro atoms. The molecule has 1 fully saturated rings. The van der Waals surface area contributed by atoms with Crippen LogP contribution in [0.5, 0.6) is 0 Å². The Hall–Kier alpha value is -3.06. The van der Waals surface area contributed by atoms with Crippen LogP contribution in [0.15, 0.2) is 47.6 Å². The maximum absolute atomic E-state index is 12.5. The molecule has 0 radical (unpaired) electrons. The average molecular weight is 469 g/mol. The number of hydrogen-bond acceptors (Lipinski definition) is 7. The highest BCUT2D eigenvalue weighted by Crippen LogP contribution is 2.28. The number of nitrogens with one attached hydrogen (secondary N) is 1. The first-order valence-electron chi connectivity index (χ1n) is 10.0. The van der Waals surface area contributed by atoms with Crippen molar-refractivity contribution in [3.05, 3.63) is 58.6 Å². The van der Waals surface area contributed by atoms with E-state index in [9.17, 15) is 4.79 Å². The third kappa shape index (κ3) is 5.05. The minimum Gasteiger partial charge on any atom is -0.378 e. The number of amides is 1. The molecule has 10 heteroatoms. The number of thioether (sulfide) groups is 1. The largest absolute Gasteiger partial charge is 0.378 e. The molecule has 8 nitrogen and oxygen atoms in total. The Morgan fingerprint density at radius 2 is 1.97 bits per heavy atom. The Morgan fingerprint density at radius 3 is 2.66 bits per heavy atom. The number of carbonyl (C=O) groups is 1. The summed E-state index contributed by atoms with van der Waals surface area (Å²) >= 11 is 7.35. The van der Waals surface area contributed by atoms with Gasteiger partial charge in [-0.05, 0) is 37.3 Å². The summed E-state index contributed by atoms with van der Waals surface area (Å²) in [5.74, 6) is 0.672. The minimum absolute atomic E-state index is 0.144. The lowest BCUT2D eigenvalue weighted by Crippen LogP contribution is -2.37. The first-order valence-corrected chi connectivity index (χ1v) is 11.4. The van der Waals surface area contributed by atoms with E-state index in [1.165, 1.54) is 11.8 Å². The fourth-order valence-corrected chi connectivity index (χ4v) is 4.22. The van der Waals surface area contributed by atoms with Gasteiger partial charge >= 0.3 is 0 Å². The van der Waals surface area contributed by atoms with E-state index in [2.05, 4.69) is 20.4 Å². The van der Waals surface area contributed by atoms with Crippen LogP contribution in [0, 0.1) is 18.3 Å². The SMILES string of the molecule is Cc1ccc(-n2c(SCC(=O)Nc3ccc(C#N)c(Cl)c3)nnc2N2CCOCC2)cc1. The van der Waals surface area contributed by atoms with Crippen molar-refractivity contribution in [1.29, 1.82) is 5.26 Å². The first kappa shape index (κ1) is 22.1. The van der Waals surface area contributed by atoms with E-state index >= 15 is 0 Å². The summed E-state index contributed by atoms with van der Waals surface area (Å²) in [4.78, 5) is 14.7. The molecule has 1 N–H and O–H groups in total. The van der Waals surface area contributed by atoms with Crippen LogP contribution >= 0.6 is 23.4 Å². The van der Waals surface area contributed by atoms with Gasteiger partial charge in [-0.2, -0.15) is 5.26 Å². The van der Waals surface area contributed by atoms with Crippen molar-refractivity contribution in [2.45, 2.75) is 12.1 Å². The number of ether oxygens (including phenoxy) is 1. The number of benzene rings is 2. The molecule has 0 saturated carbocycles. The zero-order valence-electron chi connectivity index (χ0n) is 17.4. The normalized spacial score (nSPS) is 13.6. The molecule has 0 aliphatic carbocycles. The van der Waals surface area contributed by atoms with Crippen molar-refractivity contribution in [1.82, 2.24) is 14.8 Å². The zero-order valence-corrected chi connectivity index (χ0v) is 19.0. The van der Waals surface area contributed by atoms with Crippen molar-refractivity contribution in [2.24, 2.45) is 0 Å². The number of morpholine rings is 1. The van der Waals surface area contributed by atoms with Crippen LogP contribution < -0.4 is 10.2 Å². The first-order chi connectivity index (χ1) is 15.5. The lowest BCUT2D eigenvalue weighted by molar-refractivity contribution is -0.113. The summed E-state index contributed by atoms with van der Waals surface area (Å²) in [7, 11) is 0. The van der Waals surface area contributed by atoms with Crippen molar-refractivity contribution in [3.8, 4) is 11.8 Å². The molecular formula is C22H21ClN6O2S. The molecule has 2 heterocycles. The van der Waals surface area contributed by atoms with Gasteiger partial charge in [0.25, 0.3) is 0 Å². The van der Waals surface area contributed by atoms with Gasteiger partial charge in [0.05, 0.1) is 35.2 Å². The number of carbonyl (C=O) groups excluding carboxylic acids is 1. The third-order valence-corrected chi connectivity index (χ3v) is 6.15. The van der Waals surface area contributed by atoms with Crippen LogP contribution in [-0.4, -0.2) is 52.7 Å². The highest BCUT2D eigenvalue weighted by Gasteiger charge is 2.22. The fourth-order valence-electron chi connectivity index (χ4n) is 3.25. The number of aryl methyl sites for hydroxylation is 1. The lowest BCUT2D eigenvalue weighted by Gasteiger charge is -2.27. The standard InChI is InChI=1S/C22H21ClN6O2S/c1-15-2-6-18(7-3-15)29-21(28-8-10-31-11-9-28)26-27-22(29)32-14-20(30)25-17-5-4-16(13-24)19(23)12-17/h2-7,12H,8-11,14H2,1H3,(H,25,30). The number of rotatable bonds is 6. The average Bonchev–Trinajstić information content (AvgIpc) is 3.23. The molecule has 1 aliphatic heterocycles. The minimum atomic E-state index is -0.206. The lowest BCUT2D eigenvalue weighted by atomic mass is 10.2. The van der Waals surface area contributed by atoms with Crippen molar-refractivity contribution >= 4 is 40.9 Å². The maximum atomic E-state index is 12.5. The van der Waals surface area contributed by atoms with Gasteiger partial charge in [-0.3, -0.25) is 9.36 Å². The number of nitriles is 1. The van der Waals surface area contributed by atoms with E-state index in [1.54, 1.807) is 18.2 Å². The molecule has 1 aromatic heterocycles. The molecule has 3 aromatic rings. The van der Waals surface area contributed by atoms with E-state index in [0.29, 0.717) is 34.6 Å². The van der Waals surface area contributed by atoms with Gasteiger partial charge in [0.15, 0.2) is 5.16 Å². The van der Waals surface area contributed by atoms with E-state index in [0.717, 1.165) is 30.3 Å². The van der Waals surface area contributed by atoms with Crippen LogP contribution in [0.2, 0.25) is 5.02 Å². The predicted octanol–water partition coefficient (Wildman–Crippen LogP) is 3.67. The van der Waals surface area contributed by atoms with E-state index in [1.807, 2.05) is 41.8 Å². The summed E-state index contributed by atoms with van der Waals surface area (Å²) in [6, 6.07) is 14.9. The number of nitrogens with zero attached hydrogens (tertiary/aromatic N) is 5. The highest BCUT2D eigenvalue weighted by atomic mass is 35.5. The number of halogens is 1. The fraction of sp³-hybridized carbons (Fsp3) is 0.273. The smallest absolute Gasteiger partial charge is 0.234 e. The van der Waals surface area contributed by atoms with Gasteiger partial charge in [-0.25, -0.2) is 0 Å². The summed E-state index contributed by atoms with van der Waals surface area (Å²) < 4.78 is 7.44. The van der Waals surface area contributed by atoms with Crippen LogP contribution in [-0.2, 0) is 9.53 Å². The molecule has 1 saturated heterocycles. The monoisotopic (exact) mass is 468 g/mol. The second kappa shape index (κ2) is 10.0. The summed E-state index contributed by atoms with van der Waals surface area (Å²) in [5.41, 5.74) is 2.99. The molecule has 1 aliphatic rings. The molecule has 1 amide bonds. The van der Waals surface area contributed by atoms with E-state index in [-0.39, 0.29) is 11.7 Å². The predicted molar refractivity (Wildman–Crippen MR) is 125 cm³/mol. The van der Waals surface area contributed by atoms with Crippen LogP contribution in [0.3, 0.4) is 0 Å². The Kier molecular flexibility index (Phi) is 6.95. The Labute approximate surface area is 195 Å². The van der Waals surface area contributed by atoms with Gasteiger partial charge < -0.3 is 15.0 Å². The van der Waals surface area contributed by atoms with Crippen LogP contribution in [0.4, 0.5) is 11.6 Å². The van der Waals surface area contributed by atoms with Crippen molar-refractivity contribution in [3.63, 3.8) is 0 Å². The highest BCUT2D eigenvalue weighted by molar-refractivity contribution is 7.99. The van der Waals surface area contributed by atoms with Gasteiger partial charge in [-0.15, -0.1) is 10.2 Å². The maximum Gasteiger partial charge on any atom is 0.234 e. The van der Waals surface area contributed by atoms with E-state index in [4.69, 9.17) is 21.6 Å². The molecule has 2 aromatic carbocycles. The zero-order chi connectivity index (χ0) is 22.5. The summed E-state index contributed by atoms with van der Waals surface area (Å²) in [6.07, 6.45) is 0. The second-order valence-electron chi connectivity index (χ2n) is 7.20. The molecule has 0 bridgehead atoms. The van der Waals surface area contributed by atoms with Crippen LogP contribution in [0.25, 0.3) is 5.69 Å². The molecule has 4 rings (SSSR count). The molecule has 0 unspecified atom stereocenters. The summed E-state index contributed by atoms with van der Waals surface area (Å²) in [6.45, 7) is 4.77. The van der Waals surface area contributed by atoms with Crippen molar-refractivity contribution in [2.75, 3.05) is 42.3 Å². The summed E-state index contributed by atoms with van der Waals surface area (Å²) in [5, 5.41) is 21.5. The molecular weight excluding hydrogens is 448 g/mol. The third-order valence-electron chi connectivity index (χ3n) is 4.91. The molecule has 32 heavy (non-hydrogen) atoms. The van der Waals surface area contributed by atoms with Gasteiger partial charge in [0.1, 0.15) is 6.07 Å². The Balaban J connectivity index is 1.52. The van der Waals surface area contributed by atoms with E-state index < -0.39 is 0 Å². The Morgan fingerprint density at radius 1 is 1.22 bits per heavy atom. The number of aromatic nitrogens is 3. The second-order valence-corrected chi connectivity index (χ2v) is 8.55. The number of hydrogen-bond donors (Lipinski definition) is 1. The number of anilines is 2. The topological polar surface area (TPSA) is 96.1 Å². The van der Waals surface area contributed by atoms with Crippen LogP contribution in [0.1, 0.15) is 11.1 Å². The molecule has 164 valence electrons. The van der Waals surface area contributed by atoms with Crippen molar-refractivity contribution < 1.29 is 9.53 Å². The van der Waals surface area contributed by atoms with Gasteiger partial charge in [0, 0.05) is 18.8 Å². The quantitative estimate of drug-likeness (QED) is 0.551.